The van der Waals surface area contributed by atoms with Gasteiger partial charge in [-0.05, 0) is 36.2 Å². The van der Waals surface area contributed by atoms with E-state index in [0.717, 1.165) is 22.5 Å². The van der Waals surface area contributed by atoms with E-state index in [1.807, 2.05) is 47.2 Å². The third-order valence-corrected chi connectivity index (χ3v) is 4.97. The number of hydrogen-bond donors (Lipinski definition) is 2. The van der Waals surface area contributed by atoms with E-state index in [1.165, 1.54) is 6.92 Å². The number of carbonyl (C=O) groups is 1. The largest absolute Gasteiger partial charge is 0.358 e. The fourth-order valence-electron chi connectivity index (χ4n) is 3.38. The number of fused-ring (bicyclic) bond motifs is 1. The molecule has 6 heteroatoms. The molecule has 3 rings (SSSR count). The number of pyridine rings is 2. The molecule has 1 amide bonds. The van der Waals surface area contributed by atoms with Gasteiger partial charge in [-0.3, -0.25) is 9.78 Å². The predicted octanol–water partition coefficient (Wildman–Crippen LogP) is 4.08. The summed E-state index contributed by atoms with van der Waals surface area (Å²) >= 11 is 0. The minimum atomic E-state index is -0.775. The second-order valence-electron chi connectivity index (χ2n) is 8.57. The van der Waals surface area contributed by atoms with E-state index in [4.69, 9.17) is 0 Å². The molecular weight excluding hydrogens is 350 g/mol. The first kappa shape index (κ1) is 19.9. The molecule has 148 valence electrons. The summed E-state index contributed by atoms with van der Waals surface area (Å²) in [7, 11) is 0. The average molecular weight is 380 g/mol. The van der Waals surface area contributed by atoms with Gasteiger partial charge < -0.3 is 10.6 Å². The van der Waals surface area contributed by atoms with Crippen molar-refractivity contribution in [3.8, 4) is 0 Å². The normalized spacial score (nSPS) is 14.1. The third-order valence-electron chi connectivity index (χ3n) is 4.97. The Bertz CT molecular complexity index is 969. The topological polar surface area (TPSA) is 71.3 Å². The second kappa shape index (κ2) is 7.26. The molecule has 0 aliphatic rings. The molecule has 3 heterocycles. The maximum Gasteiger partial charge on any atom is 0.218 e. The van der Waals surface area contributed by atoms with E-state index in [-0.39, 0.29) is 17.2 Å². The van der Waals surface area contributed by atoms with Crippen molar-refractivity contribution in [2.45, 2.75) is 52.6 Å². The van der Waals surface area contributed by atoms with Crippen molar-refractivity contribution in [1.82, 2.24) is 19.9 Å². The Labute approximate surface area is 166 Å². The average Bonchev–Trinajstić information content (AvgIpc) is 3.08. The maximum atomic E-state index is 12.1. The Morgan fingerprint density at radius 2 is 1.89 bits per heavy atom. The summed E-state index contributed by atoms with van der Waals surface area (Å²) in [5.41, 5.74) is 3.01. The number of nitrogens with one attached hydrogen (secondary N) is 2. The lowest BCUT2D eigenvalue weighted by molar-refractivity contribution is -0.121. The van der Waals surface area contributed by atoms with Crippen LogP contribution < -0.4 is 10.6 Å². The number of anilines is 1. The van der Waals surface area contributed by atoms with Crippen molar-refractivity contribution in [2.75, 3.05) is 5.32 Å². The minimum absolute atomic E-state index is 0.0155. The molecule has 0 saturated heterocycles. The zero-order valence-corrected chi connectivity index (χ0v) is 17.4. The molecule has 0 aromatic carbocycles. The molecular formula is C22H29N5O. The van der Waals surface area contributed by atoms with E-state index in [0.29, 0.717) is 0 Å². The molecule has 2 N–H and O–H groups in total. The van der Waals surface area contributed by atoms with Crippen molar-refractivity contribution in [3.63, 3.8) is 0 Å². The Kier molecular flexibility index (Phi) is 5.15. The van der Waals surface area contributed by atoms with E-state index in [2.05, 4.69) is 55.3 Å². The standard InChI is InChI=1S/C22H29N5O/c1-15(2)22(25-16(3)28,17-10-12-27-19(13-17)9-11-24-27)26-18-7-8-20(23-14-18)21(4,5)6/h7-15,26H,1-6H3,(H,25,28). The van der Waals surface area contributed by atoms with Crippen LogP contribution in [0.25, 0.3) is 5.52 Å². The fraction of sp³-hybridized carbons (Fsp3) is 0.409. The number of carbonyl (C=O) groups excluding carboxylic acids is 1. The first-order valence-corrected chi connectivity index (χ1v) is 9.59. The maximum absolute atomic E-state index is 12.1. The van der Waals surface area contributed by atoms with Gasteiger partial charge in [0.2, 0.25) is 5.91 Å². The van der Waals surface area contributed by atoms with Crippen LogP contribution in [0.3, 0.4) is 0 Å². The summed E-state index contributed by atoms with van der Waals surface area (Å²) in [4.78, 5) is 16.8. The summed E-state index contributed by atoms with van der Waals surface area (Å²) in [5.74, 6) is -0.0297. The van der Waals surface area contributed by atoms with Crippen LogP contribution >= 0.6 is 0 Å². The van der Waals surface area contributed by atoms with Crippen LogP contribution in [0, 0.1) is 5.92 Å². The summed E-state index contributed by atoms with van der Waals surface area (Å²) in [5, 5.41) is 11.0. The predicted molar refractivity (Wildman–Crippen MR) is 112 cm³/mol. The SMILES string of the molecule is CC(=O)NC(Nc1ccc(C(C)(C)C)nc1)(c1ccn2nccc2c1)C(C)C. The van der Waals surface area contributed by atoms with Crippen LogP contribution in [0.2, 0.25) is 0 Å². The van der Waals surface area contributed by atoms with Gasteiger partial charge in [0.25, 0.3) is 0 Å². The third kappa shape index (κ3) is 3.86. The number of aromatic nitrogens is 3. The highest BCUT2D eigenvalue weighted by atomic mass is 16.1. The van der Waals surface area contributed by atoms with Gasteiger partial charge in [-0.1, -0.05) is 34.6 Å². The quantitative estimate of drug-likeness (QED) is 0.655. The van der Waals surface area contributed by atoms with Gasteiger partial charge in [-0.2, -0.15) is 5.10 Å². The Morgan fingerprint density at radius 1 is 1.14 bits per heavy atom. The van der Waals surface area contributed by atoms with Crippen LogP contribution in [0.15, 0.2) is 48.9 Å². The van der Waals surface area contributed by atoms with Crippen molar-refractivity contribution in [1.29, 1.82) is 0 Å². The van der Waals surface area contributed by atoms with Gasteiger partial charge in [0.05, 0.1) is 17.4 Å². The van der Waals surface area contributed by atoms with E-state index >= 15 is 0 Å². The smallest absolute Gasteiger partial charge is 0.218 e. The van der Waals surface area contributed by atoms with Crippen LogP contribution in [-0.2, 0) is 15.9 Å². The molecule has 0 spiro atoms. The lowest BCUT2D eigenvalue weighted by Gasteiger charge is -2.40. The van der Waals surface area contributed by atoms with Gasteiger partial charge in [-0.15, -0.1) is 0 Å². The molecule has 28 heavy (non-hydrogen) atoms. The van der Waals surface area contributed by atoms with E-state index in [1.54, 1.807) is 6.20 Å². The van der Waals surface area contributed by atoms with Crippen LogP contribution in [0.1, 0.15) is 52.8 Å². The monoisotopic (exact) mass is 379 g/mol. The molecule has 3 aromatic rings. The van der Waals surface area contributed by atoms with E-state index < -0.39 is 5.66 Å². The van der Waals surface area contributed by atoms with Crippen molar-refractivity contribution in [3.05, 3.63) is 60.2 Å². The molecule has 1 unspecified atom stereocenters. The molecule has 0 aliphatic heterocycles. The molecule has 0 fully saturated rings. The first-order valence-electron chi connectivity index (χ1n) is 9.59. The molecule has 0 aliphatic carbocycles. The molecule has 0 bridgehead atoms. The number of hydrogen-bond acceptors (Lipinski definition) is 4. The van der Waals surface area contributed by atoms with E-state index in [9.17, 15) is 4.79 Å². The summed E-state index contributed by atoms with van der Waals surface area (Å²) in [6.07, 6.45) is 5.50. The van der Waals surface area contributed by atoms with Crippen molar-refractivity contribution >= 4 is 17.1 Å². The highest BCUT2D eigenvalue weighted by Crippen LogP contribution is 2.32. The Hall–Kier alpha value is -2.89. The fourth-order valence-corrected chi connectivity index (χ4v) is 3.38. The highest BCUT2D eigenvalue weighted by Gasteiger charge is 2.37. The molecule has 3 aromatic heterocycles. The zero-order valence-electron chi connectivity index (χ0n) is 17.4. The highest BCUT2D eigenvalue weighted by molar-refractivity contribution is 5.75. The number of amides is 1. The second-order valence-corrected chi connectivity index (χ2v) is 8.57. The van der Waals surface area contributed by atoms with Crippen LogP contribution in [0.4, 0.5) is 5.69 Å². The lowest BCUT2D eigenvalue weighted by atomic mass is 9.87. The molecule has 1 atom stereocenters. The Morgan fingerprint density at radius 3 is 2.46 bits per heavy atom. The molecule has 0 saturated carbocycles. The lowest BCUT2D eigenvalue weighted by Crippen LogP contribution is -2.54. The van der Waals surface area contributed by atoms with Crippen molar-refractivity contribution in [2.24, 2.45) is 5.92 Å². The van der Waals surface area contributed by atoms with Gasteiger partial charge in [0.1, 0.15) is 5.66 Å². The minimum Gasteiger partial charge on any atom is -0.358 e. The van der Waals surface area contributed by atoms with Gasteiger partial charge in [0, 0.05) is 36.0 Å². The van der Waals surface area contributed by atoms with Gasteiger partial charge in [0.15, 0.2) is 0 Å². The summed E-state index contributed by atoms with van der Waals surface area (Å²) in [6, 6.07) is 10.0. The summed E-state index contributed by atoms with van der Waals surface area (Å²) in [6.45, 7) is 12.1. The Balaban J connectivity index is 2.06. The first-order chi connectivity index (χ1) is 13.1. The summed E-state index contributed by atoms with van der Waals surface area (Å²) < 4.78 is 1.81. The van der Waals surface area contributed by atoms with Crippen LogP contribution in [0.5, 0.6) is 0 Å². The molecule has 0 radical (unpaired) electrons. The number of rotatable bonds is 5. The molecule has 6 nitrogen and oxygen atoms in total. The van der Waals surface area contributed by atoms with Gasteiger partial charge >= 0.3 is 0 Å². The zero-order chi connectivity index (χ0) is 20.5. The number of nitrogens with zero attached hydrogens (tertiary/aromatic N) is 3. The van der Waals surface area contributed by atoms with Crippen molar-refractivity contribution < 1.29 is 4.79 Å². The van der Waals surface area contributed by atoms with Gasteiger partial charge in [-0.25, -0.2) is 4.52 Å². The van der Waals surface area contributed by atoms with Crippen LogP contribution in [-0.4, -0.2) is 20.5 Å².